The number of ether oxygens (including phenoxy) is 1. The Labute approximate surface area is 200 Å². The van der Waals surface area contributed by atoms with Gasteiger partial charge in [-0.3, -0.25) is 9.10 Å². The average molecular weight is 564 g/mol. The summed E-state index contributed by atoms with van der Waals surface area (Å²) < 4.78 is 33.6. The number of nitrogens with one attached hydrogen (secondary N) is 1. The highest BCUT2D eigenvalue weighted by atomic mass is 127. The second-order valence-electron chi connectivity index (χ2n) is 6.65. The monoisotopic (exact) mass is 564 g/mol. The first-order chi connectivity index (χ1) is 15.3. The maximum Gasteiger partial charge on any atom is 0.338 e. The van der Waals surface area contributed by atoms with Crippen LogP contribution in [-0.4, -0.2) is 33.4 Å². The molecule has 0 unspecified atom stereocenters. The van der Waals surface area contributed by atoms with Gasteiger partial charge in [0.15, 0.2) is 0 Å². The molecule has 3 rings (SSSR count). The van der Waals surface area contributed by atoms with Crippen molar-refractivity contribution in [3.8, 4) is 0 Å². The van der Waals surface area contributed by atoms with E-state index in [1.54, 1.807) is 67.6 Å². The summed E-state index contributed by atoms with van der Waals surface area (Å²) in [5, 5.41) is 2.66. The molecule has 166 valence electrons. The Bertz CT molecular complexity index is 1200. The molecule has 0 fully saturated rings. The number of hydrogen-bond acceptors (Lipinski definition) is 5. The van der Waals surface area contributed by atoms with E-state index in [-0.39, 0.29) is 17.1 Å². The van der Waals surface area contributed by atoms with Crippen molar-refractivity contribution in [2.75, 3.05) is 22.8 Å². The summed E-state index contributed by atoms with van der Waals surface area (Å²) in [7, 11) is -3.99. The number of nitrogens with zero attached hydrogens (tertiary/aromatic N) is 1. The quantitative estimate of drug-likeness (QED) is 0.326. The first-order valence-electron chi connectivity index (χ1n) is 9.71. The van der Waals surface area contributed by atoms with Crippen LogP contribution in [0.1, 0.15) is 17.3 Å². The van der Waals surface area contributed by atoms with Gasteiger partial charge in [-0.05, 0) is 84.1 Å². The van der Waals surface area contributed by atoms with Crippen LogP contribution in [-0.2, 0) is 19.6 Å². The highest BCUT2D eigenvalue weighted by Gasteiger charge is 2.27. The van der Waals surface area contributed by atoms with E-state index in [4.69, 9.17) is 4.74 Å². The summed E-state index contributed by atoms with van der Waals surface area (Å²) >= 11 is 2.12. The summed E-state index contributed by atoms with van der Waals surface area (Å²) in [6.07, 6.45) is 0. The molecular formula is C23H21IN2O5S. The molecular weight excluding hydrogens is 543 g/mol. The van der Waals surface area contributed by atoms with E-state index in [0.29, 0.717) is 11.4 Å². The molecule has 0 aromatic heterocycles. The summed E-state index contributed by atoms with van der Waals surface area (Å²) in [6, 6.07) is 21.0. The first-order valence-corrected chi connectivity index (χ1v) is 12.2. The molecule has 32 heavy (non-hydrogen) atoms. The van der Waals surface area contributed by atoms with Crippen molar-refractivity contribution in [3.05, 3.63) is 88.0 Å². The summed E-state index contributed by atoms with van der Waals surface area (Å²) in [4.78, 5) is 24.8. The molecule has 3 aromatic rings. The highest BCUT2D eigenvalue weighted by molar-refractivity contribution is 14.1. The van der Waals surface area contributed by atoms with Crippen LogP contribution in [0.3, 0.4) is 0 Å². The molecule has 0 radical (unpaired) electrons. The molecule has 1 amide bonds. The third-order valence-corrected chi connectivity index (χ3v) is 6.90. The third-order valence-electron chi connectivity index (χ3n) is 4.39. The van der Waals surface area contributed by atoms with Gasteiger partial charge in [-0.2, -0.15) is 0 Å². The van der Waals surface area contributed by atoms with E-state index in [0.717, 1.165) is 7.88 Å². The molecule has 0 spiro atoms. The Balaban J connectivity index is 1.87. The number of amides is 1. The molecule has 1 N–H and O–H groups in total. The molecule has 3 aromatic carbocycles. The highest BCUT2D eigenvalue weighted by Crippen LogP contribution is 2.24. The molecule has 0 saturated heterocycles. The predicted octanol–water partition coefficient (Wildman–Crippen LogP) is 4.30. The van der Waals surface area contributed by atoms with Crippen LogP contribution in [0.25, 0.3) is 0 Å². The lowest BCUT2D eigenvalue weighted by Crippen LogP contribution is -2.38. The maximum atomic E-state index is 13.3. The van der Waals surface area contributed by atoms with Crippen LogP contribution in [0.15, 0.2) is 83.8 Å². The molecule has 0 heterocycles. The van der Waals surface area contributed by atoms with E-state index < -0.39 is 28.4 Å². The van der Waals surface area contributed by atoms with Crippen LogP contribution in [0.4, 0.5) is 11.4 Å². The van der Waals surface area contributed by atoms with Crippen molar-refractivity contribution in [3.63, 3.8) is 0 Å². The SMILES string of the molecule is CCOC(=O)c1cccc(NC(=O)CN(c2ccc(I)cc2)S(=O)(=O)c2ccccc2)c1. The summed E-state index contributed by atoms with van der Waals surface area (Å²) in [5.74, 6) is -1.06. The van der Waals surface area contributed by atoms with E-state index in [9.17, 15) is 18.0 Å². The zero-order chi connectivity index (χ0) is 23.1. The van der Waals surface area contributed by atoms with E-state index in [1.807, 2.05) is 0 Å². The molecule has 0 aliphatic heterocycles. The largest absolute Gasteiger partial charge is 0.462 e. The Morgan fingerprint density at radius 2 is 1.66 bits per heavy atom. The van der Waals surface area contributed by atoms with Crippen LogP contribution in [0.5, 0.6) is 0 Å². The van der Waals surface area contributed by atoms with Crippen molar-refractivity contribution in [2.24, 2.45) is 0 Å². The van der Waals surface area contributed by atoms with Crippen LogP contribution in [0.2, 0.25) is 0 Å². The molecule has 0 aliphatic carbocycles. The number of esters is 1. The number of anilines is 2. The minimum absolute atomic E-state index is 0.0793. The van der Waals surface area contributed by atoms with Gasteiger partial charge in [-0.15, -0.1) is 0 Å². The normalized spacial score (nSPS) is 10.9. The fraction of sp³-hybridized carbons (Fsp3) is 0.130. The topological polar surface area (TPSA) is 92.8 Å². The second kappa shape index (κ2) is 10.6. The molecule has 0 atom stereocenters. The van der Waals surface area contributed by atoms with Crippen LogP contribution < -0.4 is 9.62 Å². The standard InChI is InChI=1S/C23H21IN2O5S/c1-2-31-23(28)17-7-6-8-19(15-17)25-22(27)16-26(20-13-11-18(24)12-14-20)32(29,30)21-9-4-3-5-10-21/h3-15H,2,16H2,1H3,(H,25,27). The number of halogens is 1. The predicted molar refractivity (Wildman–Crippen MR) is 131 cm³/mol. The van der Waals surface area contributed by atoms with Gasteiger partial charge in [-0.25, -0.2) is 13.2 Å². The molecule has 9 heteroatoms. The smallest absolute Gasteiger partial charge is 0.338 e. The number of hydrogen-bond donors (Lipinski definition) is 1. The molecule has 0 aliphatic rings. The summed E-state index contributed by atoms with van der Waals surface area (Å²) in [5.41, 5.74) is 1.01. The minimum atomic E-state index is -3.99. The van der Waals surface area contributed by atoms with Crippen molar-refractivity contribution in [1.82, 2.24) is 0 Å². The number of carbonyl (C=O) groups is 2. The van der Waals surface area contributed by atoms with Gasteiger partial charge in [0.25, 0.3) is 10.0 Å². The Hall–Kier alpha value is -2.92. The Kier molecular flexibility index (Phi) is 7.86. The Morgan fingerprint density at radius 3 is 2.31 bits per heavy atom. The van der Waals surface area contributed by atoms with Gasteiger partial charge in [0.05, 0.1) is 22.8 Å². The number of carbonyl (C=O) groups excluding carboxylic acids is 2. The zero-order valence-corrected chi connectivity index (χ0v) is 20.2. The van der Waals surface area contributed by atoms with Crippen molar-refractivity contribution in [1.29, 1.82) is 0 Å². The van der Waals surface area contributed by atoms with Crippen LogP contribution >= 0.6 is 22.6 Å². The molecule has 0 bridgehead atoms. The van der Waals surface area contributed by atoms with Crippen molar-refractivity contribution >= 4 is 55.9 Å². The number of benzene rings is 3. The van der Waals surface area contributed by atoms with Gasteiger partial charge in [0.2, 0.25) is 5.91 Å². The van der Waals surface area contributed by atoms with Crippen molar-refractivity contribution in [2.45, 2.75) is 11.8 Å². The Morgan fingerprint density at radius 1 is 0.969 bits per heavy atom. The fourth-order valence-electron chi connectivity index (χ4n) is 2.91. The lowest BCUT2D eigenvalue weighted by atomic mass is 10.2. The second-order valence-corrected chi connectivity index (χ2v) is 9.76. The van der Waals surface area contributed by atoms with Gasteiger partial charge in [0, 0.05) is 9.26 Å². The van der Waals surface area contributed by atoms with E-state index >= 15 is 0 Å². The van der Waals surface area contributed by atoms with E-state index in [2.05, 4.69) is 27.9 Å². The number of rotatable bonds is 8. The zero-order valence-electron chi connectivity index (χ0n) is 17.2. The third kappa shape index (κ3) is 5.86. The van der Waals surface area contributed by atoms with Gasteiger partial charge in [0.1, 0.15) is 6.54 Å². The van der Waals surface area contributed by atoms with E-state index in [1.165, 1.54) is 18.2 Å². The fourth-order valence-corrected chi connectivity index (χ4v) is 4.71. The maximum absolute atomic E-state index is 13.3. The van der Waals surface area contributed by atoms with Gasteiger partial charge >= 0.3 is 5.97 Å². The van der Waals surface area contributed by atoms with Crippen LogP contribution in [0, 0.1) is 3.57 Å². The average Bonchev–Trinajstić information content (AvgIpc) is 2.79. The molecule has 0 saturated carbocycles. The molecule has 7 nitrogen and oxygen atoms in total. The lowest BCUT2D eigenvalue weighted by Gasteiger charge is -2.24. The van der Waals surface area contributed by atoms with Gasteiger partial charge < -0.3 is 10.1 Å². The van der Waals surface area contributed by atoms with Gasteiger partial charge in [-0.1, -0.05) is 24.3 Å². The first kappa shape index (κ1) is 23.7. The minimum Gasteiger partial charge on any atom is -0.462 e. The van der Waals surface area contributed by atoms with Crippen molar-refractivity contribution < 1.29 is 22.7 Å². The lowest BCUT2D eigenvalue weighted by molar-refractivity contribution is -0.114. The summed E-state index contributed by atoms with van der Waals surface area (Å²) in [6.45, 7) is 1.50. The number of sulfonamides is 1.